The van der Waals surface area contributed by atoms with Gasteiger partial charge in [0.15, 0.2) is 0 Å². The summed E-state index contributed by atoms with van der Waals surface area (Å²) in [5.41, 5.74) is 0.910. The van der Waals surface area contributed by atoms with Crippen LogP contribution in [0.5, 0.6) is 0 Å². The van der Waals surface area contributed by atoms with Gasteiger partial charge in [-0.2, -0.15) is 0 Å². The van der Waals surface area contributed by atoms with Crippen LogP contribution in [0.1, 0.15) is 17.3 Å². The van der Waals surface area contributed by atoms with Crippen molar-refractivity contribution in [3.63, 3.8) is 0 Å². The lowest BCUT2D eigenvalue weighted by atomic mass is 10.2. The molecule has 0 aliphatic heterocycles. The average molecular weight is 299 g/mol. The van der Waals surface area contributed by atoms with Crippen LogP contribution in [0.4, 0.5) is 5.69 Å². The van der Waals surface area contributed by atoms with Gasteiger partial charge in [0.2, 0.25) is 0 Å². The molecular formula is C11H11BrN2O3. The Morgan fingerprint density at radius 2 is 2.24 bits per heavy atom. The molecule has 0 aromatic heterocycles. The van der Waals surface area contributed by atoms with Crippen LogP contribution < -0.4 is 5.32 Å². The standard InChI is InChI=1S/C11H11BrN2O3/c1-7(2)6-13-11(15)8-4-3-5-9(10(8)12)14(16)17/h3-5H,1,6H2,2H3,(H,13,15). The second-order valence-electron chi connectivity index (χ2n) is 3.54. The average Bonchev–Trinajstić information content (AvgIpc) is 2.25. The van der Waals surface area contributed by atoms with E-state index in [2.05, 4.69) is 27.8 Å². The third-order valence-corrected chi connectivity index (χ3v) is 2.80. The van der Waals surface area contributed by atoms with Crippen LogP contribution in [-0.4, -0.2) is 17.4 Å². The van der Waals surface area contributed by atoms with Crippen molar-refractivity contribution in [2.24, 2.45) is 0 Å². The molecular weight excluding hydrogens is 288 g/mol. The fraction of sp³-hybridized carbons (Fsp3) is 0.182. The molecule has 0 unspecified atom stereocenters. The fourth-order valence-corrected chi connectivity index (χ4v) is 1.75. The maximum Gasteiger partial charge on any atom is 0.284 e. The van der Waals surface area contributed by atoms with Crippen molar-refractivity contribution in [1.82, 2.24) is 5.32 Å². The highest BCUT2D eigenvalue weighted by Crippen LogP contribution is 2.28. The first-order chi connectivity index (χ1) is 7.93. The molecule has 0 atom stereocenters. The lowest BCUT2D eigenvalue weighted by molar-refractivity contribution is -0.385. The second-order valence-corrected chi connectivity index (χ2v) is 4.33. The monoisotopic (exact) mass is 298 g/mol. The van der Waals surface area contributed by atoms with Crippen LogP contribution in [0.2, 0.25) is 0 Å². The molecule has 1 aromatic rings. The zero-order chi connectivity index (χ0) is 13.0. The summed E-state index contributed by atoms with van der Waals surface area (Å²) in [6, 6.07) is 4.32. The summed E-state index contributed by atoms with van der Waals surface area (Å²) in [5, 5.41) is 13.3. The topological polar surface area (TPSA) is 72.2 Å². The van der Waals surface area contributed by atoms with Gasteiger partial charge in [-0.1, -0.05) is 18.2 Å². The number of halogens is 1. The van der Waals surface area contributed by atoms with Crippen LogP contribution in [-0.2, 0) is 0 Å². The Hall–Kier alpha value is -1.69. The van der Waals surface area contributed by atoms with Crippen molar-refractivity contribution < 1.29 is 9.72 Å². The number of nitro groups is 1. The minimum Gasteiger partial charge on any atom is -0.348 e. The molecule has 0 fully saturated rings. The quantitative estimate of drug-likeness (QED) is 0.528. The number of amides is 1. The Labute approximate surface area is 107 Å². The molecule has 1 rings (SSSR count). The largest absolute Gasteiger partial charge is 0.348 e. The molecule has 1 aromatic carbocycles. The molecule has 0 aliphatic carbocycles. The third-order valence-electron chi connectivity index (χ3n) is 1.97. The number of hydrogen-bond donors (Lipinski definition) is 1. The van der Waals surface area contributed by atoms with Crippen LogP contribution in [0.25, 0.3) is 0 Å². The Morgan fingerprint density at radius 1 is 1.59 bits per heavy atom. The van der Waals surface area contributed by atoms with E-state index >= 15 is 0 Å². The highest BCUT2D eigenvalue weighted by Gasteiger charge is 2.18. The van der Waals surface area contributed by atoms with E-state index in [1.54, 1.807) is 6.92 Å². The van der Waals surface area contributed by atoms with E-state index in [0.29, 0.717) is 6.54 Å². The van der Waals surface area contributed by atoms with E-state index in [1.807, 2.05) is 0 Å². The first-order valence-corrected chi connectivity index (χ1v) is 5.58. The molecule has 90 valence electrons. The van der Waals surface area contributed by atoms with Gasteiger partial charge in [0.1, 0.15) is 4.47 Å². The van der Waals surface area contributed by atoms with Crippen molar-refractivity contribution in [3.8, 4) is 0 Å². The Morgan fingerprint density at radius 3 is 2.76 bits per heavy atom. The zero-order valence-corrected chi connectivity index (χ0v) is 10.8. The number of hydrogen-bond acceptors (Lipinski definition) is 3. The summed E-state index contributed by atoms with van der Waals surface area (Å²) in [7, 11) is 0. The van der Waals surface area contributed by atoms with Crippen LogP contribution in [0, 0.1) is 10.1 Å². The van der Waals surface area contributed by atoms with E-state index in [0.717, 1.165) is 5.57 Å². The van der Waals surface area contributed by atoms with Gasteiger partial charge in [-0.15, -0.1) is 0 Å². The van der Waals surface area contributed by atoms with E-state index in [1.165, 1.54) is 18.2 Å². The summed E-state index contributed by atoms with van der Waals surface area (Å²) < 4.78 is 0.184. The summed E-state index contributed by atoms with van der Waals surface area (Å²) in [6.45, 7) is 5.78. The maximum atomic E-state index is 11.7. The second kappa shape index (κ2) is 5.58. The molecule has 1 amide bonds. The van der Waals surface area contributed by atoms with E-state index in [9.17, 15) is 14.9 Å². The first kappa shape index (κ1) is 13.4. The summed E-state index contributed by atoms with van der Waals surface area (Å²) in [6.07, 6.45) is 0. The van der Waals surface area contributed by atoms with Gasteiger partial charge < -0.3 is 5.32 Å². The van der Waals surface area contributed by atoms with Gasteiger partial charge in [-0.3, -0.25) is 14.9 Å². The van der Waals surface area contributed by atoms with Crippen LogP contribution in [0.15, 0.2) is 34.8 Å². The number of carbonyl (C=O) groups is 1. The molecule has 0 aliphatic rings. The molecule has 0 radical (unpaired) electrons. The summed E-state index contributed by atoms with van der Waals surface area (Å²) >= 11 is 3.06. The molecule has 0 saturated carbocycles. The number of benzene rings is 1. The van der Waals surface area contributed by atoms with E-state index < -0.39 is 4.92 Å². The van der Waals surface area contributed by atoms with Crippen LogP contribution in [0.3, 0.4) is 0 Å². The lowest BCUT2D eigenvalue weighted by Crippen LogP contribution is -2.25. The van der Waals surface area contributed by atoms with E-state index in [4.69, 9.17) is 0 Å². The molecule has 17 heavy (non-hydrogen) atoms. The highest BCUT2D eigenvalue weighted by molar-refractivity contribution is 9.10. The van der Waals surface area contributed by atoms with Gasteiger partial charge in [-0.25, -0.2) is 0 Å². The SMILES string of the molecule is C=C(C)CNC(=O)c1cccc([N+](=O)[O-])c1Br. The normalized spacial score (nSPS) is 9.76. The van der Waals surface area contributed by atoms with Crippen molar-refractivity contribution in [2.45, 2.75) is 6.92 Å². The zero-order valence-electron chi connectivity index (χ0n) is 9.20. The van der Waals surface area contributed by atoms with Gasteiger partial charge >= 0.3 is 0 Å². The smallest absolute Gasteiger partial charge is 0.284 e. The van der Waals surface area contributed by atoms with Gasteiger partial charge in [0.05, 0.1) is 10.5 Å². The Kier molecular flexibility index (Phi) is 4.39. The van der Waals surface area contributed by atoms with Crippen molar-refractivity contribution in [2.75, 3.05) is 6.54 Å². The molecule has 0 saturated heterocycles. The highest BCUT2D eigenvalue weighted by atomic mass is 79.9. The number of nitrogens with zero attached hydrogens (tertiary/aromatic N) is 1. The predicted molar refractivity (Wildman–Crippen MR) is 67.9 cm³/mol. The first-order valence-electron chi connectivity index (χ1n) is 4.79. The van der Waals surface area contributed by atoms with Crippen molar-refractivity contribution in [3.05, 3.63) is 50.5 Å². The van der Waals surface area contributed by atoms with Crippen molar-refractivity contribution >= 4 is 27.5 Å². The minimum absolute atomic E-state index is 0.132. The Balaban J connectivity index is 2.98. The fourth-order valence-electron chi connectivity index (χ4n) is 1.16. The molecule has 5 nitrogen and oxygen atoms in total. The van der Waals surface area contributed by atoms with E-state index in [-0.39, 0.29) is 21.6 Å². The predicted octanol–water partition coefficient (Wildman–Crippen LogP) is 2.66. The third kappa shape index (κ3) is 3.39. The number of carbonyl (C=O) groups excluding carboxylic acids is 1. The minimum atomic E-state index is -0.542. The van der Waals surface area contributed by atoms with Gasteiger partial charge in [-0.05, 0) is 28.9 Å². The number of rotatable bonds is 4. The van der Waals surface area contributed by atoms with Gasteiger partial charge in [0.25, 0.3) is 11.6 Å². The lowest BCUT2D eigenvalue weighted by Gasteiger charge is -2.06. The molecule has 1 N–H and O–H groups in total. The Bertz CT molecular complexity index is 486. The molecule has 0 spiro atoms. The number of nitrogens with one attached hydrogen (secondary N) is 1. The number of nitro benzene ring substituents is 1. The molecule has 0 bridgehead atoms. The molecule has 0 heterocycles. The summed E-state index contributed by atoms with van der Waals surface area (Å²) in [4.78, 5) is 21.9. The van der Waals surface area contributed by atoms with Crippen molar-refractivity contribution in [1.29, 1.82) is 0 Å². The maximum absolute atomic E-state index is 11.7. The summed E-state index contributed by atoms with van der Waals surface area (Å²) in [5.74, 6) is -0.372. The molecule has 6 heteroatoms. The van der Waals surface area contributed by atoms with Crippen LogP contribution >= 0.6 is 15.9 Å². The van der Waals surface area contributed by atoms with Gasteiger partial charge in [0, 0.05) is 12.6 Å².